The van der Waals surface area contributed by atoms with E-state index in [2.05, 4.69) is 0 Å². The molecular formula is C10H12F2N2O. The molecule has 5 heteroatoms. The molecule has 1 amide bonds. The molecule has 0 spiro atoms. The van der Waals surface area contributed by atoms with Crippen molar-refractivity contribution in [2.75, 3.05) is 19.3 Å². The van der Waals surface area contributed by atoms with E-state index in [0.717, 1.165) is 6.07 Å². The number of benzene rings is 1. The minimum absolute atomic E-state index is 0.210. The van der Waals surface area contributed by atoms with Gasteiger partial charge in [-0.05, 0) is 13.0 Å². The third-order valence-corrected chi connectivity index (χ3v) is 2.14. The van der Waals surface area contributed by atoms with E-state index in [9.17, 15) is 13.6 Å². The van der Waals surface area contributed by atoms with Crippen molar-refractivity contribution in [3.8, 4) is 0 Å². The lowest BCUT2D eigenvalue weighted by molar-refractivity contribution is 0.0798. The van der Waals surface area contributed by atoms with Crippen LogP contribution in [0.2, 0.25) is 0 Å². The van der Waals surface area contributed by atoms with E-state index >= 15 is 0 Å². The van der Waals surface area contributed by atoms with Crippen molar-refractivity contribution in [3.05, 3.63) is 29.3 Å². The maximum atomic E-state index is 13.2. The molecule has 0 fully saturated rings. The number of rotatable bonds is 2. The van der Waals surface area contributed by atoms with E-state index in [1.807, 2.05) is 0 Å². The first-order valence-corrected chi connectivity index (χ1v) is 4.47. The summed E-state index contributed by atoms with van der Waals surface area (Å²) in [5.41, 5.74) is 4.81. The molecule has 1 rings (SSSR count). The quantitative estimate of drug-likeness (QED) is 0.761. The Balaban J connectivity index is 3.15. The van der Waals surface area contributed by atoms with Crippen LogP contribution in [0, 0.1) is 11.6 Å². The fourth-order valence-corrected chi connectivity index (χ4v) is 1.08. The normalized spacial score (nSPS) is 10.1. The van der Waals surface area contributed by atoms with Crippen LogP contribution in [0.1, 0.15) is 17.3 Å². The molecule has 0 radical (unpaired) electrons. The predicted octanol–water partition coefficient (Wildman–Crippen LogP) is 1.64. The smallest absolute Gasteiger partial charge is 0.256 e. The SMILES string of the molecule is CCN(C)C(=O)c1cc(N)c(F)cc1F. The second-order valence-electron chi connectivity index (χ2n) is 3.17. The fraction of sp³-hybridized carbons (Fsp3) is 0.300. The van der Waals surface area contributed by atoms with Crippen LogP contribution in [-0.4, -0.2) is 24.4 Å². The Labute approximate surface area is 86.5 Å². The van der Waals surface area contributed by atoms with Crippen LogP contribution in [0.3, 0.4) is 0 Å². The zero-order valence-corrected chi connectivity index (χ0v) is 8.55. The summed E-state index contributed by atoms with van der Waals surface area (Å²) in [6, 6.07) is 1.63. The summed E-state index contributed by atoms with van der Waals surface area (Å²) < 4.78 is 26.1. The van der Waals surface area contributed by atoms with Gasteiger partial charge in [-0.25, -0.2) is 8.78 Å². The van der Waals surface area contributed by atoms with E-state index in [1.54, 1.807) is 6.92 Å². The van der Waals surface area contributed by atoms with E-state index in [-0.39, 0.29) is 11.3 Å². The molecular weight excluding hydrogens is 202 g/mol. The Bertz CT molecular complexity index is 393. The third-order valence-electron chi connectivity index (χ3n) is 2.14. The van der Waals surface area contributed by atoms with E-state index in [4.69, 9.17) is 5.73 Å². The van der Waals surface area contributed by atoms with Crippen molar-refractivity contribution in [1.82, 2.24) is 4.90 Å². The van der Waals surface area contributed by atoms with Gasteiger partial charge in [0, 0.05) is 19.7 Å². The molecule has 0 atom stereocenters. The zero-order valence-electron chi connectivity index (χ0n) is 8.55. The van der Waals surface area contributed by atoms with Crippen LogP contribution in [0.4, 0.5) is 14.5 Å². The molecule has 1 aromatic carbocycles. The minimum Gasteiger partial charge on any atom is -0.396 e. The number of hydrogen-bond acceptors (Lipinski definition) is 2. The molecule has 0 saturated heterocycles. The molecule has 0 aliphatic heterocycles. The third kappa shape index (κ3) is 2.23. The van der Waals surface area contributed by atoms with Crippen molar-refractivity contribution < 1.29 is 13.6 Å². The summed E-state index contributed by atoms with van der Waals surface area (Å²) in [4.78, 5) is 12.9. The van der Waals surface area contributed by atoms with Gasteiger partial charge in [-0.15, -0.1) is 0 Å². The topological polar surface area (TPSA) is 46.3 Å². The predicted molar refractivity (Wildman–Crippen MR) is 53.4 cm³/mol. The Kier molecular flexibility index (Phi) is 3.24. The van der Waals surface area contributed by atoms with Gasteiger partial charge in [0.2, 0.25) is 0 Å². The first-order valence-electron chi connectivity index (χ1n) is 4.47. The summed E-state index contributed by atoms with van der Waals surface area (Å²) in [6.45, 7) is 2.19. The molecule has 0 unspecified atom stereocenters. The number of anilines is 1. The Morgan fingerprint density at radius 3 is 2.53 bits per heavy atom. The summed E-state index contributed by atoms with van der Waals surface area (Å²) in [7, 11) is 1.53. The standard InChI is InChI=1S/C10H12F2N2O/c1-3-14(2)10(15)6-4-9(13)8(12)5-7(6)11/h4-5H,3,13H2,1-2H3. The molecule has 82 valence electrons. The van der Waals surface area contributed by atoms with Crippen molar-refractivity contribution in [2.45, 2.75) is 6.92 Å². The van der Waals surface area contributed by atoms with Gasteiger partial charge in [-0.3, -0.25) is 4.79 Å². The van der Waals surface area contributed by atoms with Gasteiger partial charge in [0.25, 0.3) is 5.91 Å². The van der Waals surface area contributed by atoms with Crippen LogP contribution in [0.15, 0.2) is 12.1 Å². The van der Waals surface area contributed by atoms with Gasteiger partial charge < -0.3 is 10.6 Å². The number of nitrogens with zero attached hydrogens (tertiary/aromatic N) is 1. The van der Waals surface area contributed by atoms with Gasteiger partial charge in [-0.1, -0.05) is 0 Å². The van der Waals surface area contributed by atoms with E-state index in [0.29, 0.717) is 12.6 Å². The number of nitrogens with two attached hydrogens (primary N) is 1. The molecule has 2 N–H and O–H groups in total. The maximum absolute atomic E-state index is 13.2. The lowest BCUT2D eigenvalue weighted by Crippen LogP contribution is -2.27. The average Bonchev–Trinajstić information content (AvgIpc) is 2.21. The van der Waals surface area contributed by atoms with Gasteiger partial charge >= 0.3 is 0 Å². The number of carbonyl (C=O) groups excluding carboxylic acids is 1. The van der Waals surface area contributed by atoms with Crippen molar-refractivity contribution in [2.24, 2.45) is 0 Å². The highest BCUT2D eigenvalue weighted by Crippen LogP contribution is 2.17. The highest BCUT2D eigenvalue weighted by Gasteiger charge is 2.17. The van der Waals surface area contributed by atoms with Crippen LogP contribution < -0.4 is 5.73 Å². The van der Waals surface area contributed by atoms with Gasteiger partial charge in [0.1, 0.15) is 11.6 Å². The second-order valence-corrected chi connectivity index (χ2v) is 3.17. The molecule has 0 saturated carbocycles. The van der Waals surface area contributed by atoms with Gasteiger partial charge in [0.05, 0.1) is 11.3 Å². The van der Waals surface area contributed by atoms with Crippen LogP contribution in [-0.2, 0) is 0 Å². The van der Waals surface area contributed by atoms with Crippen molar-refractivity contribution in [1.29, 1.82) is 0 Å². The Morgan fingerprint density at radius 2 is 2.00 bits per heavy atom. The average molecular weight is 214 g/mol. The first-order chi connectivity index (χ1) is 6.97. The summed E-state index contributed by atoms with van der Waals surface area (Å²) in [5, 5.41) is 0. The monoisotopic (exact) mass is 214 g/mol. The van der Waals surface area contributed by atoms with E-state index < -0.39 is 17.5 Å². The molecule has 3 nitrogen and oxygen atoms in total. The number of carbonyl (C=O) groups is 1. The molecule has 0 aliphatic rings. The van der Waals surface area contributed by atoms with Crippen LogP contribution in [0.5, 0.6) is 0 Å². The lowest BCUT2D eigenvalue weighted by Gasteiger charge is -2.15. The fourth-order valence-electron chi connectivity index (χ4n) is 1.08. The maximum Gasteiger partial charge on any atom is 0.256 e. The summed E-state index contributed by atoms with van der Waals surface area (Å²) >= 11 is 0. The summed E-state index contributed by atoms with van der Waals surface area (Å²) in [5.74, 6) is -2.27. The first kappa shape index (κ1) is 11.4. The largest absolute Gasteiger partial charge is 0.396 e. The lowest BCUT2D eigenvalue weighted by atomic mass is 10.1. The molecule has 0 aliphatic carbocycles. The number of nitrogen functional groups attached to an aromatic ring is 1. The number of amides is 1. The van der Waals surface area contributed by atoms with Crippen LogP contribution >= 0.6 is 0 Å². The Hall–Kier alpha value is -1.65. The number of halogens is 2. The molecule has 0 aromatic heterocycles. The molecule has 1 aromatic rings. The minimum atomic E-state index is -0.896. The summed E-state index contributed by atoms with van der Waals surface area (Å²) in [6.07, 6.45) is 0. The highest BCUT2D eigenvalue weighted by atomic mass is 19.1. The zero-order chi connectivity index (χ0) is 11.6. The van der Waals surface area contributed by atoms with Crippen molar-refractivity contribution in [3.63, 3.8) is 0 Å². The number of hydrogen-bond donors (Lipinski definition) is 1. The second kappa shape index (κ2) is 4.25. The van der Waals surface area contributed by atoms with Gasteiger partial charge in [-0.2, -0.15) is 0 Å². The van der Waals surface area contributed by atoms with E-state index in [1.165, 1.54) is 11.9 Å². The highest BCUT2D eigenvalue weighted by molar-refractivity contribution is 5.95. The van der Waals surface area contributed by atoms with Crippen molar-refractivity contribution >= 4 is 11.6 Å². The van der Waals surface area contributed by atoms with Crippen LogP contribution in [0.25, 0.3) is 0 Å². The molecule has 0 bridgehead atoms. The Morgan fingerprint density at radius 1 is 1.40 bits per heavy atom. The van der Waals surface area contributed by atoms with Gasteiger partial charge in [0.15, 0.2) is 0 Å². The molecule has 15 heavy (non-hydrogen) atoms. The molecule has 0 heterocycles.